The Morgan fingerprint density at radius 1 is 1.15 bits per heavy atom. The molecule has 13 heavy (non-hydrogen) atoms. The van der Waals surface area contributed by atoms with E-state index in [4.69, 9.17) is 0 Å². The molecule has 0 fully saturated rings. The standard InChI is InChI=1S/C8H11N.2C2H6/c1-3-8-4-5-9-7(2)6-8;2*1-2/h4-6H,3H2,1-2H3;2*1-2H3. The van der Waals surface area contributed by atoms with Gasteiger partial charge in [-0.3, -0.25) is 4.98 Å². The zero-order valence-corrected chi connectivity index (χ0v) is 9.89. The highest BCUT2D eigenvalue weighted by atomic mass is 14.6. The van der Waals surface area contributed by atoms with Crippen LogP contribution in [0.5, 0.6) is 0 Å². The van der Waals surface area contributed by atoms with Crippen LogP contribution in [0, 0.1) is 6.92 Å². The fourth-order valence-electron chi connectivity index (χ4n) is 0.824. The monoisotopic (exact) mass is 181 g/mol. The molecule has 0 spiro atoms. The van der Waals surface area contributed by atoms with Crippen molar-refractivity contribution in [1.29, 1.82) is 0 Å². The minimum absolute atomic E-state index is 1.10. The van der Waals surface area contributed by atoms with E-state index in [1.54, 1.807) is 0 Å². The first-order chi connectivity index (χ1) is 6.33. The molecule has 0 bridgehead atoms. The van der Waals surface area contributed by atoms with Crippen molar-refractivity contribution in [2.45, 2.75) is 48.0 Å². The van der Waals surface area contributed by atoms with Crippen LogP contribution in [-0.2, 0) is 6.42 Å². The number of hydrogen-bond donors (Lipinski definition) is 0. The summed E-state index contributed by atoms with van der Waals surface area (Å²) < 4.78 is 0. The summed E-state index contributed by atoms with van der Waals surface area (Å²) in [5, 5.41) is 0. The van der Waals surface area contributed by atoms with E-state index < -0.39 is 0 Å². The third kappa shape index (κ3) is 7.51. The lowest BCUT2D eigenvalue weighted by molar-refractivity contribution is 1.09. The Balaban J connectivity index is 0. The van der Waals surface area contributed by atoms with Crippen LogP contribution in [0.15, 0.2) is 18.3 Å². The normalized spacial score (nSPS) is 7.54. The molecule has 0 unspecified atom stereocenters. The third-order valence-electron chi connectivity index (χ3n) is 1.37. The molecule has 0 aromatic carbocycles. The zero-order valence-electron chi connectivity index (χ0n) is 9.89. The Morgan fingerprint density at radius 3 is 2.00 bits per heavy atom. The number of pyridine rings is 1. The van der Waals surface area contributed by atoms with Gasteiger partial charge in [-0.1, -0.05) is 34.6 Å². The molecule has 0 N–H and O–H groups in total. The van der Waals surface area contributed by atoms with Crippen LogP contribution in [-0.4, -0.2) is 4.98 Å². The molecular weight excluding hydrogens is 158 g/mol. The van der Waals surface area contributed by atoms with Gasteiger partial charge in [0.25, 0.3) is 0 Å². The molecule has 0 saturated carbocycles. The molecule has 1 rings (SSSR count). The van der Waals surface area contributed by atoms with Gasteiger partial charge >= 0.3 is 0 Å². The van der Waals surface area contributed by atoms with Gasteiger partial charge in [0.2, 0.25) is 0 Å². The first kappa shape index (κ1) is 14.7. The van der Waals surface area contributed by atoms with Crippen molar-refractivity contribution in [3.8, 4) is 0 Å². The van der Waals surface area contributed by atoms with Crippen LogP contribution in [0.25, 0.3) is 0 Å². The van der Waals surface area contributed by atoms with Crippen molar-refractivity contribution in [2.24, 2.45) is 0 Å². The minimum atomic E-state index is 1.10. The lowest BCUT2D eigenvalue weighted by Crippen LogP contribution is -1.83. The number of aromatic nitrogens is 1. The molecule has 0 aliphatic rings. The molecule has 76 valence electrons. The highest BCUT2D eigenvalue weighted by Crippen LogP contribution is 1.99. The second-order valence-electron chi connectivity index (χ2n) is 2.16. The van der Waals surface area contributed by atoms with Gasteiger partial charge in [-0.05, 0) is 31.0 Å². The van der Waals surface area contributed by atoms with Gasteiger partial charge in [0.05, 0.1) is 0 Å². The third-order valence-corrected chi connectivity index (χ3v) is 1.37. The van der Waals surface area contributed by atoms with Crippen molar-refractivity contribution in [3.63, 3.8) is 0 Å². The van der Waals surface area contributed by atoms with E-state index in [1.807, 2.05) is 46.9 Å². The van der Waals surface area contributed by atoms with Gasteiger partial charge < -0.3 is 0 Å². The largest absolute Gasteiger partial charge is 0.262 e. The van der Waals surface area contributed by atoms with E-state index in [0.29, 0.717) is 0 Å². The van der Waals surface area contributed by atoms with Gasteiger partial charge in [0.1, 0.15) is 0 Å². The molecule has 1 heteroatoms. The summed E-state index contributed by atoms with van der Waals surface area (Å²) in [6, 6.07) is 4.16. The Kier molecular flexibility index (Phi) is 12.6. The maximum Gasteiger partial charge on any atom is 0.0375 e. The molecule has 0 atom stereocenters. The fourth-order valence-corrected chi connectivity index (χ4v) is 0.824. The van der Waals surface area contributed by atoms with Crippen molar-refractivity contribution >= 4 is 0 Å². The van der Waals surface area contributed by atoms with Crippen LogP contribution >= 0.6 is 0 Å². The van der Waals surface area contributed by atoms with Crippen LogP contribution in [0.3, 0.4) is 0 Å². The molecule has 0 saturated heterocycles. The quantitative estimate of drug-likeness (QED) is 0.638. The number of hydrogen-bond acceptors (Lipinski definition) is 1. The Labute approximate surface area is 83.2 Å². The molecule has 1 aromatic rings. The predicted octanol–water partition coefficient (Wildman–Crippen LogP) is 4.00. The second-order valence-corrected chi connectivity index (χ2v) is 2.16. The van der Waals surface area contributed by atoms with Crippen molar-refractivity contribution in [3.05, 3.63) is 29.6 Å². The number of rotatable bonds is 1. The fraction of sp³-hybridized carbons (Fsp3) is 0.583. The summed E-state index contributed by atoms with van der Waals surface area (Å²) in [6.07, 6.45) is 2.96. The van der Waals surface area contributed by atoms with Gasteiger partial charge in [-0.15, -0.1) is 0 Å². The molecule has 1 heterocycles. The Hall–Kier alpha value is -0.850. The predicted molar refractivity (Wildman–Crippen MR) is 61.0 cm³/mol. The Bertz CT molecular complexity index is 194. The molecular formula is C12H23N. The van der Waals surface area contributed by atoms with Gasteiger partial charge in [0.15, 0.2) is 0 Å². The zero-order chi connectivity index (χ0) is 10.7. The summed E-state index contributed by atoms with van der Waals surface area (Å²) in [7, 11) is 0. The van der Waals surface area contributed by atoms with Gasteiger partial charge in [0, 0.05) is 11.9 Å². The van der Waals surface area contributed by atoms with Crippen molar-refractivity contribution in [2.75, 3.05) is 0 Å². The van der Waals surface area contributed by atoms with E-state index in [1.165, 1.54) is 5.56 Å². The van der Waals surface area contributed by atoms with Crippen LogP contribution in [0.4, 0.5) is 0 Å². The molecule has 1 aromatic heterocycles. The molecule has 0 radical (unpaired) electrons. The molecule has 0 aliphatic heterocycles. The van der Waals surface area contributed by atoms with E-state index in [-0.39, 0.29) is 0 Å². The first-order valence-corrected chi connectivity index (χ1v) is 5.24. The first-order valence-electron chi connectivity index (χ1n) is 5.24. The van der Waals surface area contributed by atoms with Crippen molar-refractivity contribution < 1.29 is 0 Å². The Morgan fingerprint density at radius 2 is 1.69 bits per heavy atom. The van der Waals surface area contributed by atoms with Crippen LogP contribution in [0.1, 0.15) is 45.9 Å². The average Bonchev–Trinajstić information content (AvgIpc) is 2.24. The molecule has 0 amide bonds. The van der Waals surface area contributed by atoms with E-state index in [9.17, 15) is 0 Å². The SMILES string of the molecule is CC.CC.CCc1ccnc(C)c1. The summed E-state index contributed by atoms with van der Waals surface area (Å²) in [4.78, 5) is 4.09. The lowest BCUT2D eigenvalue weighted by Gasteiger charge is -1.94. The second kappa shape index (κ2) is 11.2. The maximum atomic E-state index is 4.09. The number of nitrogens with zero attached hydrogens (tertiary/aromatic N) is 1. The van der Waals surface area contributed by atoms with Crippen LogP contribution in [0.2, 0.25) is 0 Å². The maximum absolute atomic E-state index is 4.09. The van der Waals surface area contributed by atoms with Crippen molar-refractivity contribution in [1.82, 2.24) is 4.98 Å². The van der Waals surface area contributed by atoms with E-state index in [0.717, 1.165) is 12.1 Å². The highest BCUT2D eigenvalue weighted by Gasteiger charge is 1.87. The summed E-state index contributed by atoms with van der Waals surface area (Å²) in [5.74, 6) is 0. The smallest absolute Gasteiger partial charge is 0.0375 e. The molecule has 0 aliphatic carbocycles. The number of aryl methyl sites for hydroxylation is 2. The molecule has 1 nitrogen and oxygen atoms in total. The van der Waals surface area contributed by atoms with E-state index >= 15 is 0 Å². The summed E-state index contributed by atoms with van der Waals surface area (Å²) in [6.45, 7) is 12.2. The minimum Gasteiger partial charge on any atom is -0.262 e. The summed E-state index contributed by atoms with van der Waals surface area (Å²) >= 11 is 0. The topological polar surface area (TPSA) is 12.9 Å². The average molecular weight is 181 g/mol. The van der Waals surface area contributed by atoms with Gasteiger partial charge in [-0.2, -0.15) is 0 Å². The van der Waals surface area contributed by atoms with E-state index in [2.05, 4.69) is 18.0 Å². The highest BCUT2D eigenvalue weighted by molar-refractivity contribution is 5.14. The van der Waals surface area contributed by atoms with Gasteiger partial charge in [-0.25, -0.2) is 0 Å². The lowest BCUT2D eigenvalue weighted by atomic mass is 10.2. The van der Waals surface area contributed by atoms with Crippen LogP contribution < -0.4 is 0 Å². The summed E-state index contributed by atoms with van der Waals surface area (Å²) in [5.41, 5.74) is 2.47.